The summed E-state index contributed by atoms with van der Waals surface area (Å²) in [4.78, 5) is 2.38. The van der Waals surface area contributed by atoms with Crippen molar-refractivity contribution in [3.8, 4) is 0 Å². The Balaban J connectivity index is 2.25. The topological polar surface area (TPSA) is 32.7 Å². The number of rotatable bonds is 7. The Labute approximate surface area is 93.4 Å². The van der Waals surface area contributed by atoms with Gasteiger partial charge in [-0.25, -0.2) is 0 Å². The fourth-order valence-corrected chi connectivity index (χ4v) is 2.30. The molecule has 1 aliphatic heterocycles. The maximum atomic E-state index is 9.64. The van der Waals surface area contributed by atoms with Crippen LogP contribution in [0.5, 0.6) is 0 Å². The van der Waals surface area contributed by atoms with Gasteiger partial charge in [-0.3, -0.25) is 4.90 Å². The summed E-state index contributed by atoms with van der Waals surface area (Å²) in [7, 11) is 0. The average molecular weight is 215 g/mol. The second-order valence-corrected chi connectivity index (χ2v) is 4.38. The summed E-state index contributed by atoms with van der Waals surface area (Å²) in [6.45, 7) is 7.63. The van der Waals surface area contributed by atoms with Gasteiger partial charge in [0.25, 0.3) is 0 Å². The first kappa shape index (κ1) is 12.9. The number of hydrogen-bond donors (Lipinski definition) is 1. The highest BCUT2D eigenvalue weighted by Gasteiger charge is 2.29. The number of ether oxygens (including phenoxy) is 1. The molecule has 0 spiro atoms. The smallest absolute Gasteiger partial charge is 0.0682 e. The van der Waals surface area contributed by atoms with E-state index >= 15 is 0 Å². The molecule has 1 saturated heterocycles. The van der Waals surface area contributed by atoms with Crippen molar-refractivity contribution in [2.45, 2.75) is 51.7 Å². The molecule has 0 bridgehead atoms. The van der Waals surface area contributed by atoms with E-state index in [2.05, 4.69) is 11.8 Å². The predicted molar refractivity (Wildman–Crippen MR) is 62.0 cm³/mol. The molecule has 2 atom stereocenters. The lowest BCUT2D eigenvalue weighted by molar-refractivity contribution is 0.101. The van der Waals surface area contributed by atoms with Crippen LogP contribution >= 0.6 is 0 Å². The highest BCUT2D eigenvalue weighted by molar-refractivity contribution is 4.84. The Kier molecular flexibility index (Phi) is 6.22. The normalized spacial score (nSPS) is 27.4. The number of aliphatic hydroxyl groups is 1. The number of hydrogen-bond acceptors (Lipinski definition) is 3. The molecule has 1 rings (SSSR count). The fraction of sp³-hybridized carbons (Fsp3) is 1.00. The van der Waals surface area contributed by atoms with Gasteiger partial charge in [-0.05, 0) is 19.8 Å². The third-order valence-corrected chi connectivity index (χ3v) is 3.12. The Morgan fingerprint density at radius 3 is 2.87 bits per heavy atom. The van der Waals surface area contributed by atoms with Gasteiger partial charge in [0.1, 0.15) is 0 Å². The summed E-state index contributed by atoms with van der Waals surface area (Å²) in [5, 5.41) is 9.64. The minimum absolute atomic E-state index is 0.117. The molecule has 0 unspecified atom stereocenters. The molecule has 0 saturated carbocycles. The minimum Gasteiger partial charge on any atom is -0.392 e. The molecule has 0 aromatic heterocycles. The van der Waals surface area contributed by atoms with E-state index in [0.29, 0.717) is 6.04 Å². The number of aliphatic hydroxyl groups excluding tert-OH is 1. The minimum atomic E-state index is -0.117. The van der Waals surface area contributed by atoms with Gasteiger partial charge in [-0.15, -0.1) is 0 Å². The van der Waals surface area contributed by atoms with Crippen molar-refractivity contribution in [3.05, 3.63) is 0 Å². The second kappa shape index (κ2) is 7.20. The summed E-state index contributed by atoms with van der Waals surface area (Å²) in [5.74, 6) is 0. The summed E-state index contributed by atoms with van der Waals surface area (Å²) in [6.07, 6.45) is 4.56. The maximum absolute atomic E-state index is 9.64. The quantitative estimate of drug-likeness (QED) is 0.655. The molecule has 15 heavy (non-hydrogen) atoms. The van der Waals surface area contributed by atoms with Crippen LogP contribution in [0.2, 0.25) is 0 Å². The zero-order valence-corrected chi connectivity index (χ0v) is 10.1. The largest absolute Gasteiger partial charge is 0.392 e. The summed E-state index contributed by atoms with van der Waals surface area (Å²) >= 11 is 0. The third kappa shape index (κ3) is 4.49. The average Bonchev–Trinajstić information content (AvgIpc) is 2.56. The molecule has 1 fully saturated rings. The Morgan fingerprint density at radius 2 is 2.20 bits per heavy atom. The van der Waals surface area contributed by atoms with Crippen LogP contribution in [0.15, 0.2) is 0 Å². The number of nitrogens with zero attached hydrogens (tertiary/aromatic N) is 1. The molecule has 0 aromatic carbocycles. The Bertz CT molecular complexity index is 164. The van der Waals surface area contributed by atoms with Crippen LogP contribution in [0, 0.1) is 0 Å². The van der Waals surface area contributed by atoms with E-state index in [1.165, 1.54) is 19.3 Å². The van der Waals surface area contributed by atoms with E-state index in [1.54, 1.807) is 0 Å². The van der Waals surface area contributed by atoms with Gasteiger partial charge in [-0.2, -0.15) is 0 Å². The molecule has 0 aliphatic carbocycles. The van der Waals surface area contributed by atoms with E-state index in [-0.39, 0.29) is 6.10 Å². The van der Waals surface area contributed by atoms with Crippen molar-refractivity contribution in [2.24, 2.45) is 0 Å². The van der Waals surface area contributed by atoms with Crippen LogP contribution in [-0.4, -0.2) is 48.5 Å². The highest BCUT2D eigenvalue weighted by atomic mass is 16.5. The van der Waals surface area contributed by atoms with Crippen LogP contribution in [0.1, 0.15) is 39.5 Å². The summed E-state index contributed by atoms with van der Waals surface area (Å²) in [5.41, 5.74) is 0. The van der Waals surface area contributed by atoms with E-state index in [4.69, 9.17) is 4.74 Å². The molecular formula is C12H25NO2. The van der Waals surface area contributed by atoms with Crippen LogP contribution < -0.4 is 0 Å². The van der Waals surface area contributed by atoms with Gasteiger partial charge in [0, 0.05) is 25.7 Å². The SMILES string of the molecule is CCCC[C@@H]1C[C@H](O)CN1CCOCC. The molecule has 0 amide bonds. The molecule has 90 valence electrons. The monoisotopic (exact) mass is 215 g/mol. The van der Waals surface area contributed by atoms with E-state index in [9.17, 15) is 5.11 Å². The van der Waals surface area contributed by atoms with Crippen LogP contribution in [0.3, 0.4) is 0 Å². The fourth-order valence-electron chi connectivity index (χ4n) is 2.30. The van der Waals surface area contributed by atoms with Gasteiger partial charge in [-0.1, -0.05) is 19.8 Å². The van der Waals surface area contributed by atoms with E-state index < -0.39 is 0 Å². The van der Waals surface area contributed by atoms with E-state index in [0.717, 1.165) is 32.7 Å². The van der Waals surface area contributed by atoms with Gasteiger partial charge in [0.2, 0.25) is 0 Å². The lowest BCUT2D eigenvalue weighted by Crippen LogP contribution is -2.33. The molecule has 0 radical (unpaired) electrons. The molecule has 3 nitrogen and oxygen atoms in total. The first-order chi connectivity index (χ1) is 7.27. The second-order valence-electron chi connectivity index (χ2n) is 4.38. The van der Waals surface area contributed by atoms with Gasteiger partial charge in [0.15, 0.2) is 0 Å². The van der Waals surface area contributed by atoms with Crippen LogP contribution in [0.25, 0.3) is 0 Å². The highest BCUT2D eigenvalue weighted by Crippen LogP contribution is 2.21. The van der Waals surface area contributed by atoms with Crippen molar-refractivity contribution in [1.29, 1.82) is 0 Å². The number of likely N-dealkylation sites (tertiary alicyclic amines) is 1. The van der Waals surface area contributed by atoms with Crippen molar-refractivity contribution < 1.29 is 9.84 Å². The zero-order chi connectivity index (χ0) is 11.1. The molecule has 1 aliphatic rings. The molecule has 1 N–H and O–H groups in total. The number of β-amino-alcohol motifs (C(OH)–C–C–N with tert-alkyl or cyclic N) is 1. The maximum Gasteiger partial charge on any atom is 0.0682 e. The van der Waals surface area contributed by atoms with E-state index in [1.807, 2.05) is 6.92 Å². The number of unbranched alkanes of at least 4 members (excludes halogenated alkanes) is 1. The predicted octanol–water partition coefficient (Wildman–Crippen LogP) is 1.65. The molecule has 0 aromatic rings. The lowest BCUT2D eigenvalue weighted by Gasteiger charge is -2.23. The zero-order valence-electron chi connectivity index (χ0n) is 10.1. The summed E-state index contributed by atoms with van der Waals surface area (Å²) in [6, 6.07) is 0.584. The lowest BCUT2D eigenvalue weighted by atomic mass is 10.1. The first-order valence-corrected chi connectivity index (χ1v) is 6.27. The Morgan fingerprint density at radius 1 is 1.40 bits per heavy atom. The Hall–Kier alpha value is -0.120. The van der Waals surface area contributed by atoms with Crippen molar-refractivity contribution in [3.63, 3.8) is 0 Å². The van der Waals surface area contributed by atoms with Crippen molar-refractivity contribution in [2.75, 3.05) is 26.3 Å². The standard InChI is InChI=1S/C12H25NO2/c1-3-5-6-11-9-12(14)10-13(11)7-8-15-4-2/h11-12,14H,3-10H2,1-2H3/t11-,12+/m1/s1. The molecular weight excluding hydrogens is 190 g/mol. The van der Waals surface area contributed by atoms with Gasteiger partial charge >= 0.3 is 0 Å². The molecule has 1 heterocycles. The van der Waals surface area contributed by atoms with Gasteiger partial charge < -0.3 is 9.84 Å². The van der Waals surface area contributed by atoms with Gasteiger partial charge in [0.05, 0.1) is 12.7 Å². The van der Waals surface area contributed by atoms with Crippen LogP contribution in [-0.2, 0) is 4.74 Å². The van der Waals surface area contributed by atoms with Crippen molar-refractivity contribution >= 4 is 0 Å². The molecule has 3 heteroatoms. The van der Waals surface area contributed by atoms with Crippen LogP contribution in [0.4, 0.5) is 0 Å². The summed E-state index contributed by atoms with van der Waals surface area (Å²) < 4.78 is 5.36. The third-order valence-electron chi connectivity index (χ3n) is 3.12. The first-order valence-electron chi connectivity index (χ1n) is 6.27. The van der Waals surface area contributed by atoms with Crippen molar-refractivity contribution in [1.82, 2.24) is 4.90 Å².